The van der Waals surface area contributed by atoms with E-state index in [-0.39, 0.29) is 11.5 Å². The van der Waals surface area contributed by atoms with Gasteiger partial charge in [-0.1, -0.05) is 33.6 Å². The lowest BCUT2D eigenvalue weighted by Gasteiger charge is -2.38. The van der Waals surface area contributed by atoms with Crippen LogP contribution in [0.25, 0.3) is 0 Å². The molecule has 0 fully saturated rings. The van der Waals surface area contributed by atoms with Gasteiger partial charge in [0.1, 0.15) is 0 Å². The van der Waals surface area contributed by atoms with Gasteiger partial charge in [0.2, 0.25) is 0 Å². The molecule has 0 aromatic carbocycles. The highest BCUT2D eigenvalue weighted by Crippen LogP contribution is 2.38. The lowest BCUT2D eigenvalue weighted by atomic mass is 10.0. The molecule has 1 N–H and O–H groups in total. The lowest BCUT2D eigenvalue weighted by Crippen LogP contribution is -2.53. The summed E-state index contributed by atoms with van der Waals surface area (Å²) in [5.41, 5.74) is 0.117. The molecule has 140 valence electrons. The van der Waals surface area contributed by atoms with Crippen LogP contribution in [0.3, 0.4) is 0 Å². The minimum atomic E-state index is -2.81. The Balaban J connectivity index is 5.55. The van der Waals surface area contributed by atoms with Gasteiger partial charge in [-0.25, -0.2) is 0 Å². The number of thiol groups is 1. The molecular formula is C17H38O4SSi. The molecule has 0 aliphatic carbocycles. The maximum absolute atomic E-state index is 10.5. The molecule has 0 aliphatic heterocycles. The summed E-state index contributed by atoms with van der Waals surface area (Å²) in [5.74, 6) is 1.02. The summed E-state index contributed by atoms with van der Waals surface area (Å²) in [6, 6.07) is 0. The second kappa shape index (κ2) is 13.6. The van der Waals surface area contributed by atoms with Gasteiger partial charge in [-0.05, 0) is 39.4 Å². The van der Waals surface area contributed by atoms with Crippen molar-refractivity contribution in [1.29, 1.82) is 0 Å². The molecular weight excluding hydrogens is 328 g/mol. The Morgan fingerprint density at radius 1 is 0.957 bits per heavy atom. The minimum Gasteiger partial charge on any atom is -0.374 e. The zero-order valence-corrected chi connectivity index (χ0v) is 17.8. The molecule has 0 aromatic heterocycles. The number of hydrogen-bond donors (Lipinski definition) is 2. The van der Waals surface area contributed by atoms with Crippen LogP contribution in [-0.4, -0.2) is 44.5 Å². The van der Waals surface area contributed by atoms with Crippen molar-refractivity contribution in [3.8, 4) is 0 Å². The highest BCUT2D eigenvalue weighted by atomic mass is 32.1. The highest BCUT2D eigenvalue weighted by Gasteiger charge is 2.51. The first-order valence-corrected chi connectivity index (χ1v) is 12.1. The molecule has 2 unspecified atom stereocenters. The Morgan fingerprint density at radius 2 is 1.48 bits per heavy atom. The molecule has 0 rings (SSSR count). The van der Waals surface area contributed by atoms with E-state index in [1.54, 1.807) is 0 Å². The molecule has 0 amide bonds. The molecule has 0 saturated heterocycles. The summed E-state index contributed by atoms with van der Waals surface area (Å²) < 4.78 is 18.3. The predicted molar refractivity (Wildman–Crippen MR) is 105 cm³/mol. The molecule has 6 heteroatoms. The number of aliphatic hydroxyl groups is 1. The van der Waals surface area contributed by atoms with Crippen molar-refractivity contribution in [3.63, 3.8) is 0 Å². The third-order valence-corrected chi connectivity index (χ3v) is 9.04. The number of aliphatic hydroxyl groups excluding tert-OH is 1. The second-order valence-corrected chi connectivity index (χ2v) is 9.72. The average Bonchev–Trinajstić information content (AvgIpc) is 2.53. The van der Waals surface area contributed by atoms with Gasteiger partial charge < -0.3 is 18.4 Å². The molecule has 0 aromatic rings. The van der Waals surface area contributed by atoms with E-state index in [1.807, 2.05) is 20.8 Å². The van der Waals surface area contributed by atoms with E-state index in [0.717, 1.165) is 42.8 Å². The van der Waals surface area contributed by atoms with Crippen LogP contribution >= 0.6 is 11.4 Å². The van der Waals surface area contributed by atoms with E-state index in [0.29, 0.717) is 24.9 Å². The third-order valence-electron chi connectivity index (χ3n) is 3.87. The molecule has 0 radical (unpaired) electrons. The highest BCUT2D eigenvalue weighted by molar-refractivity contribution is 7.98. The summed E-state index contributed by atoms with van der Waals surface area (Å²) in [6.45, 7) is 14.1. The van der Waals surface area contributed by atoms with Gasteiger partial charge in [0.15, 0.2) is 0 Å². The van der Waals surface area contributed by atoms with Crippen LogP contribution in [0, 0.1) is 5.92 Å². The van der Waals surface area contributed by atoms with Crippen molar-refractivity contribution in [2.75, 3.05) is 25.6 Å². The fourth-order valence-electron chi connectivity index (χ4n) is 2.76. The maximum Gasteiger partial charge on any atom is 0.504 e. The predicted octanol–water partition coefficient (Wildman–Crippen LogP) is 4.79. The lowest BCUT2D eigenvalue weighted by molar-refractivity contribution is 0.0555. The molecule has 23 heavy (non-hydrogen) atoms. The van der Waals surface area contributed by atoms with E-state index in [4.69, 9.17) is 13.3 Å². The van der Waals surface area contributed by atoms with Crippen LogP contribution < -0.4 is 0 Å². The van der Waals surface area contributed by atoms with Crippen LogP contribution in [0.4, 0.5) is 0 Å². The quantitative estimate of drug-likeness (QED) is 0.263. The minimum absolute atomic E-state index is 0.0334. The van der Waals surface area contributed by atoms with Crippen molar-refractivity contribution >= 4 is 25.2 Å². The maximum atomic E-state index is 10.5. The van der Waals surface area contributed by atoms with Gasteiger partial charge >= 0.3 is 8.80 Å². The zero-order valence-electron chi connectivity index (χ0n) is 15.9. The van der Waals surface area contributed by atoms with Gasteiger partial charge in [0, 0.05) is 31.3 Å². The summed E-state index contributed by atoms with van der Waals surface area (Å²) >= 11 is 1.02. The number of rotatable bonds is 14. The molecule has 0 bridgehead atoms. The van der Waals surface area contributed by atoms with Crippen molar-refractivity contribution < 1.29 is 18.4 Å². The molecule has 0 heterocycles. The van der Waals surface area contributed by atoms with Crippen LogP contribution in [0.1, 0.15) is 67.2 Å². The van der Waals surface area contributed by atoms with Crippen LogP contribution in [0.2, 0.25) is 5.54 Å². The van der Waals surface area contributed by atoms with Crippen molar-refractivity contribution in [2.45, 2.75) is 72.8 Å². The Morgan fingerprint density at radius 3 is 1.87 bits per heavy atom. The van der Waals surface area contributed by atoms with Crippen molar-refractivity contribution in [2.24, 2.45) is 5.92 Å². The van der Waals surface area contributed by atoms with Crippen LogP contribution in [0.15, 0.2) is 0 Å². The standard InChI is InChI=1S/C17H38O4SSi/c1-7-12-13-16(15(6)17(18)22-14-8-2)23(19-9-3,20-10-4)21-11-5/h15-16,18,22H,7-14H2,1-6H3. The summed E-state index contributed by atoms with van der Waals surface area (Å²) in [6.07, 6.45) is 4.25. The van der Waals surface area contributed by atoms with Gasteiger partial charge in [-0.15, -0.1) is 0 Å². The van der Waals surface area contributed by atoms with Gasteiger partial charge in [0.25, 0.3) is 0 Å². The van der Waals surface area contributed by atoms with Crippen LogP contribution in [-0.2, 0) is 13.3 Å². The fourth-order valence-corrected chi connectivity index (χ4v) is 7.25. The first kappa shape index (κ1) is 23.3. The van der Waals surface area contributed by atoms with Gasteiger partial charge in [-0.3, -0.25) is 0 Å². The Kier molecular flexibility index (Phi) is 13.7. The van der Waals surface area contributed by atoms with E-state index >= 15 is 0 Å². The summed E-state index contributed by atoms with van der Waals surface area (Å²) in [4.78, 5) is 0. The SMILES string of the molecule is CCCCC(C(C)C(O)=[SH]CCC)[Si](OCC)(OCC)OCC. The molecule has 2 atom stereocenters. The Hall–Kier alpha value is 0.277. The van der Waals surface area contributed by atoms with Crippen molar-refractivity contribution in [1.82, 2.24) is 0 Å². The van der Waals surface area contributed by atoms with E-state index in [1.165, 1.54) is 0 Å². The monoisotopic (exact) mass is 366 g/mol. The third kappa shape index (κ3) is 7.80. The van der Waals surface area contributed by atoms with Crippen LogP contribution in [0.5, 0.6) is 0 Å². The normalized spacial score (nSPS) is 16.0. The van der Waals surface area contributed by atoms with Gasteiger partial charge in [0.05, 0.1) is 5.05 Å². The number of unbranched alkanes of at least 4 members (excludes halogenated alkanes) is 1. The Bertz CT molecular complexity index is 309. The molecule has 0 spiro atoms. The molecule has 4 nitrogen and oxygen atoms in total. The first-order chi connectivity index (χ1) is 11.0. The average molecular weight is 367 g/mol. The van der Waals surface area contributed by atoms with Gasteiger partial charge in [-0.2, -0.15) is 11.4 Å². The van der Waals surface area contributed by atoms with Crippen molar-refractivity contribution in [3.05, 3.63) is 0 Å². The van der Waals surface area contributed by atoms with E-state index in [9.17, 15) is 5.11 Å². The first-order valence-electron chi connectivity index (χ1n) is 9.17. The summed E-state index contributed by atoms with van der Waals surface area (Å²) in [5, 5.41) is 11.1. The van der Waals surface area contributed by atoms with E-state index < -0.39 is 8.80 Å². The topological polar surface area (TPSA) is 47.9 Å². The zero-order chi connectivity index (χ0) is 17.7. The largest absolute Gasteiger partial charge is 0.504 e. The van der Waals surface area contributed by atoms with E-state index in [2.05, 4.69) is 20.8 Å². The summed E-state index contributed by atoms with van der Waals surface area (Å²) in [7, 11) is -2.81. The molecule has 0 saturated carbocycles. The molecule has 0 aliphatic rings. The second-order valence-electron chi connectivity index (χ2n) is 5.68. The smallest absolute Gasteiger partial charge is 0.374 e. The number of hydrogen-bond acceptors (Lipinski definition) is 3. The Labute approximate surface area is 148 Å². The fraction of sp³-hybridized carbons (Fsp3) is 0.941.